The van der Waals surface area contributed by atoms with Gasteiger partial charge in [-0.15, -0.1) is 0 Å². The third-order valence-corrected chi connectivity index (χ3v) is 3.64. The van der Waals surface area contributed by atoms with Gasteiger partial charge in [0.1, 0.15) is 5.82 Å². The van der Waals surface area contributed by atoms with E-state index in [1.54, 1.807) is 19.1 Å². The normalized spacial score (nSPS) is 17.4. The topological polar surface area (TPSA) is 55.1 Å². The first-order chi connectivity index (χ1) is 8.09. The molecule has 1 aliphatic rings. The Balaban J connectivity index is 2.18. The molecule has 2 rings (SSSR count). The van der Waals surface area contributed by atoms with Gasteiger partial charge in [0, 0.05) is 6.54 Å². The molecule has 1 amide bonds. The van der Waals surface area contributed by atoms with Crippen LogP contribution in [0.3, 0.4) is 0 Å². The van der Waals surface area contributed by atoms with E-state index in [4.69, 9.17) is 5.73 Å². The van der Waals surface area contributed by atoms with Crippen molar-refractivity contribution < 1.29 is 9.18 Å². The third-order valence-electron chi connectivity index (χ3n) is 3.64. The van der Waals surface area contributed by atoms with Crippen molar-refractivity contribution in [2.75, 3.05) is 11.9 Å². The van der Waals surface area contributed by atoms with E-state index in [0.717, 1.165) is 24.8 Å². The van der Waals surface area contributed by atoms with Gasteiger partial charge in [-0.2, -0.15) is 0 Å². The van der Waals surface area contributed by atoms with Crippen molar-refractivity contribution in [3.63, 3.8) is 0 Å². The van der Waals surface area contributed by atoms with Crippen molar-refractivity contribution in [3.05, 3.63) is 29.6 Å². The molecule has 0 radical (unpaired) electrons. The summed E-state index contributed by atoms with van der Waals surface area (Å²) >= 11 is 0. The van der Waals surface area contributed by atoms with Crippen LogP contribution in [-0.4, -0.2) is 12.5 Å². The highest BCUT2D eigenvalue weighted by Crippen LogP contribution is 2.41. The number of hydrogen-bond acceptors (Lipinski definition) is 2. The first kappa shape index (κ1) is 12.0. The summed E-state index contributed by atoms with van der Waals surface area (Å²) in [4.78, 5) is 12.1. The van der Waals surface area contributed by atoms with Crippen LogP contribution in [0.1, 0.15) is 24.8 Å². The minimum atomic E-state index is -0.477. The highest BCUT2D eigenvalue weighted by molar-refractivity contribution is 5.96. The van der Waals surface area contributed by atoms with Crippen molar-refractivity contribution in [2.24, 2.45) is 11.1 Å². The first-order valence-corrected chi connectivity index (χ1v) is 5.86. The zero-order valence-electron chi connectivity index (χ0n) is 9.92. The Morgan fingerprint density at radius 2 is 2.24 bits per heavy atom. The molecule has 0 unspecified atom stereocenters. The van der Waals surface area contributed by atoms with Crippen molar-refractivity contribution in [1.82, 2.24) is 0 Å². The minimum Gasteiger partial charge on any atom is -0.329 e. The molecule has 1 aromatic carbocycles. The zero-order chi connectivity index (χ0) is 12.5. The number of carbonyl (C=O) groups is 1. The standard InChI is InChI=1S/C13H17FN2O/c1-9-4-2-5-10(14)11(9)16-12(17)13(8-15)6-3-7-13/h2,4-5H,3,6-8,15H2,1H3,(H,16,17). The number of carbonyl (C=O) groups excluding carboxylic acids is 1. The van der Waals surface area contributed by atoms with Crippen LogP contribution in [0.5, 0.6) is 0 Å². The molecule has 1 fully saturated rings. The fourth-order valence-electron chi connectivity index (χ4n) is 2.16. The van der Waals surface area contributed by atoms with E-state index >= 15 is 0 Å². The van der Waals surface area contributed by atoms with Gasteiger partial charge in [0.15, 0.2) is 0 Å². The molecule has 0 aliphatic heterocycles. The van der Waals surface area contributed by atoms with Gasteiger partial charge in [-0.25, -0.2) is 4.39 Å². The van der Waals surface area contributed by atoms with Gasteiger partial charge >= 0.3 is 0 Å². The van der Waals surface area contributed by atoms with Crippen LogP contribution in [0.15, 0.2) is 18.2 Å². The maximum atomic E-state index is 13.6. The Hall–Kier alpha value is -1.42. The molecule has 0 heterocycles. The lowest BCUT2D eigenvalue weighted by Gasteiger charge is -2.39. The van der Waals surface area contributed by atoms with Crippen LogP contribution >= 0.6 is 0 Å². The molecule has 17 heavy (non-hydrogen) atoms. The van der Waals surface area contributed by atoms with Crippen LogP contribution in [0.25, 0.3) is 0 Å². The average Bonchev–Trinajstić information content (AvgIpc) is 2.23. The number of nitrogens with two attached hydrogens (primary N) is 1. The number of rotatable bonds is 3. The zero-order valence-corrected chi connectivity index (χ0v) is 9.92. The number of aryl methyl sites for hydroxylation is 1. The van der Waals surface area contributed by atoms with Crippen LogP contribution in [0, 0.1) is 18.2 Å². The highest BCUT2D eigenvalue weighted by atomic mass is 19.1. The maximum Gasteiger partial charge on any atom is 0.231 e. The predicted molar refractivity (Wildman–Crippen MR) is 65.1 cm³/mol. The summed E-state index contributed by atoms with van der Waals surface area (Å²) in [7, 11) is 0. The summed E-state index contributed by atoms with van der Waals surface area (Å²) in [5, 5.41) is 2.68. The van der Waals surface area contributed by atoms with Crippen LogP contribution < -0.4 is 11.1 Å². The monoisotopic (exact) mass is 236 g/mol. The van der Waals surface area contributed by atoms with E-state index < -0.39 is 11.2 Å². The summed E-state index contributed by atoms with van der Waals surface area (Å²) in [6, 6.07) is 4.75. The van der Waals surface area contributed by atoms with Crippen LogP contribution in [0.2, 0.25) is 0 Å². The molecule has 0 aromatic heterocycles. The quantitative estimate of drug-likeness (QED) is 0.845. The predicted octanol–water partition coefficient (Wildman–Crippen LogP) is 2.20. The third kappa shape index (κ3) is 2.05. The van der Waals surface area contributed by atoms with E-state index in [0.29, 0.717) is 6.54 Å². The van der Waals surface area contributed by atoms with Gasteiger partial charge in [-0.3, -0.25) is 4.79 Å². The van der Waals surface area contributed by atoms with Crippen molar-refractivity contribution >= 4 is 11.6 Å². The van der Waals surface area contributed by atoms with Gasteiger partial charge in [-0.1, -0.05) is 18.6 Å². The van der Waals surface area contributed by atoms with E-state index in [2.05, 4.69) is 5.32 Å². The van der Waals surface area contributed by atoms with Gasteiger partial charge < -0.3 is 11.1 Å². The molecule has 0 atom stereocenters. The van der Waals surface area contributed by atoms with Gasteiger partial charge in [0.2, 0.25) is 5.91 Å². The van der Waals surface area contributed by atoms with E-state index in [-0.39, 0.29) is 11.6 Å². The minimum absolute atomic E-state index is 0.153. The molecule has 3 nitrogen and oxygen atoms in total. The maximum absolute atomic E-state index is 13.6. The summed E-state index contributed by atoms with van der Waals surface area (Å²) in [6.45, 7) is 2.10. The van der Waals surface area contributed by atoms with E-state index in [9.17, 15) is 9.18 Å². The van der Waals surface area contributed by atoms with Gasteiger partial charge in [0.05, 0.1) is 11.1 Å². The molecule has 4 heteroatoms. The first-order valence-electron chi connectivity index (χ1n) is 5.86. The number of para-hydroxylation sites is 1. The Bertz CT molecular complexity index is 415. The van der Waals surface area contributed by atoms with Gasteiger partial charge in [-0.05, 0) is 31.4 Å². The number of anilines is 1. The molecule has 0 spiro atoms. The summed E-state index contributed by atoms with van der Waals surface area (Å²) in [5.74, 6) is -0.552. The molecule has 92 valence electrons. The molecule has 3 N–H and O–H groups in total. The Morgan fingerprint density at radius 3 is 2.71 bits per heavy atom. The second kappa shape index (κ2) is 4.45. The lowest BCUT2D eigenvalue weighted by Crippen LogP contribution is -2.47. The summed E-state index contributed by atoms with van der Waals surface area (Å²) in [6.07, 6.45) is 2.60. The SMILES string of the molecule is Cc1cccc(F)c1NC(=O)C1(CN)CCC1. The average molecular weight is 236 g/mol. The number of nitrogens with one attached hydrogen (secondary N) is 1. The largest absolute Gasteiger partial charge is 0.329 e. The lowest BCUT2D eigenvalue weighted by molar-refractivity contribution is -0.129. The Labute approximate surface area is 100 Å². The smallest absolute Gasteiger partial charge is 0.231 e. The van der Waals surface area contributed by atoms with Crippen molar-refractivity contribution in [2.45, 2.75) is 26.2 Å². The second-order valence-corrected chi connectivity index (χ2v) is 4.72. The Morgan fingerprint density at radius 1 is 1.53 bits per heavy atom. The van der Waals surface area contributed by atoms with Crippen molar-refractivity contribution in [1.29, 1.82) is 0 Å². The van der Waals surface area contributed by atoms with E-state index in [1.807, 2.05) is 0 Å². The molecule has 0 bridgehead atoms. The Kier molecular flexibility index (Phi) is 3.15. The van der Waals surface area contributed by atoms with E-state index in [1.165, 1.54) is 6.07 Å². The fraction of sp³-hybridized carbons (Fsp3) is 0.462. The van der Waals surface area contributed by atoms with Gasteiger partial charge in [0.25, 0.3) is 0 Å². The highest BCUT2D eigenvalue weighted by Gasteiger charge is 2.43. The molecule has 1 aromatic rings. The molecule has 0 saturated heterocycles. The fourth-order valence-corrected chi connectivity index (χ4v) is 2.16. The summed E-state index contributed by atoms with van der Waals surface area (Å²) < 4.78 is 13.6. The van der Waals surface area contributed by atoms with Crippen molar-refractivity contribution in [3.8, 4) is 0 Å². The molecular weight excluding hydrogens is 219 g/mol. The molecular formula is C13H17FN2O. The number of amides is 1. The van der Waals surface area contributed by atoms with Crippen LogP contribution in [-0.2, 0) is 4.79 Å². The number of hydrogen-bond donors (Lipinski definition) is 2. The lowest BCUT2D eigenvalue weighted by atomic mass is 9.68. The molecule has 1 aliphatic carbocycles. The summed E-state index contributed by atoms with van der Waals surface area (Å²) in [5.41, 5.74) is 6.17. The second-order valence-electron chi connectivity index (χ2n) is 4.72. The van der Waals surface area contributed by atoms with Crippen LogP contribution in [0.4, 0.5) is 10.1 Å². The molecule has 1 saturated carbocycles. The number of benzene rings is 1. The number of halogens is 1.